The van der Waals surface area contributed by atoms with E-state index in [1.807, 2.05) is 0 Å². The van der Waals surface area contributed by atoms with Crippen LogP contribution in [0.5, 0.6) is 5.75 Å². The number of aryl methyl sites for hydroxylation is 1. The molecule has 18 heavy (non-hydrogen) atoms. The molecule has 0 unspecified atom stereocenters. The van der Waals surface area contributed by atoms with E-state index in [9.17, 15) is 9.50 Å². The van der Waals surface area contributed by atoms with Gasteiger partial charge in [0.15, 0.2) is 0 Å². The van der Waals surface area contributed by atoms with E-state index < -0.39 is 0 Å². The molecule has 1 N–H and O–H groups in total. The summed E-state index contributed by atoms with van der Waals surface area (Å²) in [5, 5.41) is 10.1. The summed E-state index contributed by atoms with van der Waals surface area (Å²) >= 11 is 5.83. The van der Waals surface area contributed by atoms with Crippen LogP contribution in [0, 0.1) is 12.7 Å². The first-order valence-corrected chi connectivity index (χ1v) is 5.73. The summed E-state index contributed by atoms with van der Waals surface area (Å²) in [5.41, 5.74) is 1.90. The molecule has 0 aliphatic carbocycles. The molecule has 92 valence electrons. The minimum Gasteiger partial charge on any atom is -0.507 e. The molecule has 0 spiro atoms. The predicted molar refractivity (Wildman–Crippen MR) is 71.5 cm³/mol. The standard InChI is InChI=1S/C14H11ClFNO/c1-9-6-12(16)3-4-13(9)17-8-10-7-11(15)2-5-14(10)18/h2-8,18H,1H3. The SMILES string of the molecule is Cc1cc(F)ccc1N=Cc1cc(Cl)ccc1O. The van der Waals surface area contributed by atoms with E-state index >= 15 is 0 Å². The highest BCUT2D eigenvalue weighted by molar-refractivity contribution is 6.30. The van der Waals surface area contributed by atoms with Crippen molar-refractivity contribution in [1.82, 2.24) is 0 Å². The summed E-state index contributed by atoms with van der Waals surface area (Å²) in [5.74, 6) is -0.194. The molecule has 0 radical (unpaired) electrons. The van der Waals surface area contributed by atoms with Crippen LogP contribution in [0.3, 0.4) is 0 Å². The number of hydrogen-bond acceptors (Lipinski definition) is 2. The van der Waals surface area contributed by atoms with Gasteiger partial charge in [0, 0.05) is 16.8 Å². The number of phenols is 1. The lowest BCUT2D eigenvalue weighted by Crippen LogP contribution is -1.84. The summed E-state index contributed by atoms with van der Waals surface area (Å²) in [6.45, 7) is 1.77. The molecule has 0 bridgehead atoms. The zero-order chi connectivity index (χ0) is 13.1. The molecule has 0 heterocycles. The summed E-state index contributed by atoms with van der Waals surface area (Å²) < 4.78 is 12.9. The van der Waals surface area contributed by atoms with Gasteiger partial charge in [-0.15, -0.1) is 0 Å². The Balaban J connectivity index is 2.32. The molecule has 4 heteroatoms. The van der Waals surface area contributed by atoms with Gasteiger partial charge in [-0.1, -0.05) is 11.6 Å². The monoisotopic (exact) mass is 263 g/mol. The normalized spacial score (nSPS) is 11.1. The van der Waals surface area contributed by atoms with Crippen LogP contribution in [0.1, 0.15) is 11.1 Å². The van der Waals surface area contributed by atoms with Gasteiger partial charge >= 0.3 is 0 Å². The first kappa shape index (κ1) is 12.6. The van der Waals surface area contributed by atoms with E-state index in [2.05, 4.69) is 4.99 Å². The molecule has 0 atom stereocenters. The maximum absolute atomic E-state index is 12.9. The number of rotatable bonds is 2. The minimum absolute atomic E-state index is 0.0999. The van der Waals surface area contributed by atoms with Crippen molar-refractivity contribution in [3.63, 3.8) is 0 Å². The van der Waals surface area contributed by atoms with E-state index in [1.54, 1.807) is 25.1 Å². The van der Waals surface area contributed by atoms with Gasteiger partial charge in [0.25, 0.3) is 0 Å². The van der Waals surface area contributed by atoms with E-state index in [0.29, 0.717) is 16.3 Å². The highest BCUT2D eigenvalue weighted by atomic mass is 35.5. The number of hydrogen-bond donors (Lipinski definition) is 1. The summed E-state index contributed by atoms with van der Waals surface area (Å²) in [4.78, 5) is 4.21. The molecule has 0 saturated carbocycles. The van der Waals surface area contributed by atoms with Gasteiger partial charge in [0.1, 0.15) is 11.6 Å². The third-order valence-corrected chi connectivity index (χ3v) is 2.73. The second-order valence-corrected chi connectivity index (χ2v) is 4.33. The van der Waals surface area contributed by atoms with Crippen LogP contribution in [0.15, 0.2) is 41.4 Å². The Labute approximate surface area is 109 Å². The van der Waals surface area contributed by atoms with Crippen LogP contribution in [-0.4, -0.2) is 11.3 Å². The molecule has 2 aromatic carbocycles. The van der Waals surface area contributed by atoms with Gasteiger partial charge in [-0.3, -0.25) is 4.99 Å². The summed E-state index contributed by atoms with van der Waals surface area (Å²) in [6, 6.07) is 9.04. The molecule has 0 saturated heterocycles. The number of aliphatic imine (C=N–C) groups is 1. The lowest BCUT2D eigenvalue weighted by molar-refractivity contribution is 0.474. The van der Waals surface area contributed by atoms with Gasteiger partial charge in [0.2, 0.25) is 0 Å². The largest absolute Gasteiger partial charge is 0.507 e. The van der Waals surface area contributed by atoms with Gasteiger partial charge < -0.3 is 5.11 Å². The molecule has 0 fully saturated rings. The topological polar surface area (TPSA) is 32.6 Å². The Hall–Kier alpha value is -1.87. The lowest BCUT2D eigenvalue weighted by Gasteiger charge is -2.01. The zero-order valence-corrected chi connectivity index (χ0v) is 10.4. The second-order valence-electron chi connectivity index (χ2n) is 3.89. The molecular weight excluding hydrogens is 253 g/mol. The maximum Gasteiger partial charge on any atom is 0.124 e. The van der Waals surface area contributed by atoms with Crippen molar-refractivity contribution in [2.24, 2.45) is 4.99 Å². The van der Waals surface area contributed by atoms with Crippen LogP contribution in [-0.2, 0) is 0 Å². The molecule has 2 nitrogen and oxygen atoms in total. The molecule has 0 aromatic heterocycles. The smallest absolute Gasteiger partial charge is 0.124 e. The zero-order valence-electron chi connectivity index (χ0n) is 9.69. The van der Waals surface area contributed by atoms with Crippen molar-refractivity contribution in [1.29, 1.82) is 0 Å². The quantitative estimate of drug-likeness (QED) is 0.808. The first-order chi connectivity index (χ1) is 8.56. The van der Waals surface area contributed by atoms with Crippen LogP contribution in [0.25, 0.3) is 0 Å². The Morgan fingerprint density at radius 2 is 2.00 bits per heavy atom. The minimum atomic E-state index is -0.294. The van der Waals surface area contributed by atoms with Crippen LogP contribution in [0.2, 0.25) is 5.02 Å². The van der Waals surface area contributed by atoms with Crippen LogP contribution < -0.4 is 0 Å². The predicted octanol–water partition coefficient (Wildman–Crippen LogP) is 4.24. The van der Waals surface area contributed by atoms with E-state index in [1.165, 1.54) is 24.4 Å². The Kier molecular flexibility index (Phi) is 3.63. The van der Waals surface area contributed by atoms with Crippen molar-refractivity contribution in [3.8, 4) is 5.75 Å². The first-order valence-electron chi connectivity index (χ1n) is 5.35. The van der Waals surface area contributed by atoms with Crippen molar-refractivity contribution < 1.29 is 9.50 Å². The second kappa shape index (κ2) is 5.19. The lowest BCUT2D eigenvalue weighted by atomic mass is 10.2. The molecule has 2 aromatic rings. The molecule has 0 aliphatic rings. The molecule has 0 aliphatic heterocycles. The fraction of sp³-hybridized carbons (Fsp3) is 0.0714. The Bertz CT molecular complexity index is 611. The van der Waals surface area contributed by atoms with Crippen molar-refractivity contribution >= 4 is 23.5 Å². The number of aromatic hydroxyl groups is 1. The van der Waals surface area contributed by atoms with Crippen molar-refractivity contribution in [3.05, 3.63) is 58.4 Å². The third kappa shape index (κ3) is 2.87. The molecule has 0 amide bonds. The Morgan fingerprint density at radius 1 is 1.22 bits per heavy atom. The fourth-order valence-corrected chi connectivity index (χ4v) is 1.71. The average molecular weight is 264 g/mol. The van der Waals surface area contributed by atoms with E-state index in [-0.39, 0.29) is 11.6 Å². The maximum atomic E-state index is 12.9. The van der Waals surface area contributed by atoms with Gasteiger partial charge in [-0.05, 0) is 48.9 Å². The Morgan fingerprint density at radius 3 is 2.72 bits per heavy atom. The van der Waals surface area contributed by atoms with Crippen LogP contribution in [0.4, 0.5) is 10.1 Å². The summed E-state index contributed by atoms with van der Waals surface area (Å²) in [7, 11) is 0. The van der Waals surface area contributed by atoms with Crippen molar-refractivity contribution in [2.75, 3.05) is 0 Å². The molecule has 2 rings (SSSR count). The summed E-state index contributed by atoms with van der Waals surface area (Å²) in [6.07, 6.45) is 1.50. The van der Waals surface area contributed by atoms with Gasteiger partial charge in [-0.2, -0.15) is 0 Å². The van der Waals surface area contributed by atoms with Gasteiger partial charge in [0.05, 0.1) is 5.69 Å². The van der Waals surface area contributed by atoms with E-state index in [0.717, 1.165) is 5.56 Å². The average Bonchev–Trinajstić information content (AvgIpc) is 2.32. The van der Waals surface area contributed by atoms with E-state index in [4.69, 9.17) is 11.6 Å². The highest BCUT2D eigenvalue weighted by Gasteiger charge is 2.01. The fourth-order valence-electron chi connectivity index (χ4n) is 1.53. The van der Waals surface area contributed by atoms with Gasteiger partial charge in [-0.25, -0.2) is 4.39 Å². The number of halogens is 2. The van der Waals surface area contributed by atoms with Crippen LogP contribution >= 0.6 is 11.6 Å². The third-order valence-electron chi connectivity index (χ3n) is 2.49. The highest BCUT2D eigenvalue weighted by Crippen LogP contribution is 2.22. The number of benzene rings is 2. The molecular formula is C14H11ClFNO. The number of phenolic OH excluding ortho intramolecular Hbond substituents is 1. The number of nitrogens with zero attached hydrogens (tertiary/aromatic N) is 1. The van der Waals surface area contributed by atoms with Crippen molar-refractivity contribution in [2.45, 2.75) is 6.92 Å².